The van der Waals surface area contributed by atoms with Gasteiger partial charge in [0.25, 0.3) is 0 Å². The van der Waals surface area contributed by atoms with Crippen molar-refractivity contribution in [1.82, 2.24) is 5.32 Å². The van der Waals surface area contributed by atoms with Crippen molar-refractivity contribution in [3.63, 3.8) is 0 Å². The number of rotatable bonds is 8. The van der Waals surface area contributed by atoms with E-state index in [1.165, 1.54) is 23.5 Å². The number of hydrogen-bond donors (Lipinski definition) is 6. The molecular weight excluding hydrogens is 518 g/mol. The van der Waals surface area contributed by atoms with Crippen LogP contribution in [-0.4, -0.2) is 51.0 Å². The number of hydrogen-bond acceptors (Lipinski definition) is 7. The molecular formula is C19H21F3N3O8PS. The maximum atomic E-state index is 12.2. The summed E-state index contributed by atoms with van der Waals surface area (Å²) in [4.78, 5) is 51.7. The summed E-state index contributed by atoms with van der Waals surface area (Å²) in [6.45, 7) is 1.63. The molecule has 0 saturated heterocycles. The Morgan fingerprint density at radius 1 is 1.17 bits per heavy atom. The maximum absolute atomic E-state index is 12.2. The molecule has 1 aromatic carbocycles. The van der Waals surface area contributed by atoms with Crippen molar-refractivity contribution in [3.05, 3.63) is 51.7 Å². The summed E-state index contributed by atoms with van der Waals surface area (Å²) in [5.41, 5.74) is 5.89. The average molecular weight is 539 g/mol. The number of amidine groups is 1. The van der Waals surface area contributed by atoms with E-state index in [-0.39, 0.29) is 5.84 Å². The Labute approximate surface area is 200 Å². The van der Waals surface area contributed by atoms with Crippen LogP contribution in [0.15, 0.2) is 36.4 Å². The number of benzene rings is 1. The molecule has 35 heavy (non-hydrogen) atoms. The van der Waals surface area contributed by atoms with Gasteiger partial charge in [-0.1, -0.05) is 6.92 Å². The van der Waals surface area contributed by atoms with Crippen LogP contribution in [0.1, 0.15) is 27.0 Å². The summed E-state index contributed by atoms with van der Waals surface area (Å²) in [6, 6.07) is 9.51. The summed E-state index contributed by atoms with van der Waals surface area (Å²) < 4.78 is 47.8. The van der Waals surface area contributed by atoms with Gasteiger partial charge in [0, 0.05) is 16.4 Å². The Hall–Kier alpha value is -3.26. The van der Waals surface area contributed by atoms with E-state index in [4.69, 9.17) is 35.6 Å². The van der Waals surface area contributed by atoms with Gasteiger partial charge in [-0.15, -0.1) is 11.3 Å². The lowest BCUT2D eigenvalue weighted by Gasteiger charge is -2.11. The van der Waals surface area contributed by atoms with Crippen LogP contribution in [0.4, 0.5) is 13.2 Å². The molecule has 0 spiro atoms. The predicted molar refractivity (Wildman–Crippen MR) is 118 cm³/mol. The number of nitrogens with one attached hydrogen (secondary N) is 2. The normalized spacial score (nSPS) is 12.1. The number of esters is 1. The zero-order chi connectivity index (χ0) is 27.0. The Morgan fingerprint density at radius 3 is 2.17 bits per heavy atom. The lowest BCUT2D eigenvalue weighted by atomic mass is 10.1. The summed E-state index contributed by atoms with van der Waals surface area (Å²) in [6.07, 6.45) is -5.47. The molecule has 1 heterocycles. The summed E-state index contributed by atoms with van der Waals surface area (Å²) in [7, 11) is -4.30. The molecule has 16 heteroatoms. The number of ether oxygens (including phenoxy) is 1. The number of aliphatic carboxylic acids is 1. The number of nitrogens with two attached hydrogens (primary N) is 1. The molecule has 11 nitrogen and oxygen atoms in total. The third-order valence-electron chi connectivity index (χ3n) is 3.90. The van der Waals surface area contributed by atoms with E-state index in [0.29, 0.717) is 22.6 Å². The van der Waals surface area contributed by atoms with Gasteiger partial charge in [-0.3, -0.25) is 14.8 Å². The van der Waals surface area contributed by atoms with Gasteiger partial charge in [0.15, 0.2) is 0 Å². The van der Waals surface area contributed by atoms with E-state index in [0.717, 1.165) is 4.88 Å². The van der Waals surface area contributed by atoms with Crippen LogP contribution in [-0.2, 0) is 20.6 Å². The number of carboxylic acid groups (broad SMARTS) is 1. The minimum absolute atomic E-state index is 0.0836. The number of carbonyl (C=O) groups is 3. The number of nitrogen functional groups attached to an aromatic ring is 1. The third kappa shape index (κ3) is 11.1. The van der Waals surface area contributed by atoms with Crippen molar-refractivity contribution < 1.29 is 51.8 Å². The number of alkyl halides is 3. The fourth-order valence-electron chi connectivity index (χ4n) is 2.21. The van der Waals surface area contributed by atoms with Crippen LogP contribution in [0.25, 0.3) is 0 Å². The SMILES string of the molecule is CC(Cc1ccc(C(=O)Oc2ccc(C(=N)N)cc2)s1)C(=O)NCP(=O)(O)O.O=C(O)C(F)(F)F. The molecule has 1 atom stereocenters. The number of thiophene rings is 1. The van der Waals surface area contributed by atoms with Gasteiger partial charge in [-0.25, -0.2) is 9.59 Å². The molecule has 2 aromatic rings. The van der Waals surface area contributed by atoms with Crippen LogP contribution in [0.3, 0.4) is 0 Å². The zero-order valence-electron chi connectivity index (χ0n) is 17.9. The molecule has 1 amide bonds. The summed E-state index contributed by atoms with van der Waals surface area (Å²) in [5, 5.41) is 16.7. The molecule has 0 aliphatic rings. The van der Waals surface area contributed by atoms with Gasteiger partial charge >= 0.3 is 25.7 Å². The highest BCUT2D eigenvalue weighted by Gasteiger charge is 2.38. The molecule has 0 saturated carbocycles. The van der Waals surface area contributed by atoms with Crippen LogP contribution >= 0.6 is 18.9 Å². The monoisotopic (exact) mass is 539 g/mol. The van der Waals surface area contributed by atoms with Crippen molar-refractivity contribution in [2.75, 3.05) is 6.29 Å². The minimum Gasteiger partial charge on any atom is -0.475 e. The second-order valence-corrected chi connectivity index (χ2v) is 9.68. The van der Waals surface area contributed by atoms with Gasteiger partial charge in [0.2, 0.25) is 5.91 Å². The van der Waals surface area contributed by atoms with E-state index >= 15 is 0 Å². The molecule has 0 aliphatic carbocycles. The van der Waals surface area contributed by atoms with Gasteiger partial charge < -0.3 is 30.7 Å². The Morgan fingerprint density at radius 2 is 1.71 bits per heavy atom. The first-order valence-corrected chi connectivity index (χ1v) is 12.0. The van der Waals surface area contributed by atoms with Crippen LogP contribution in [0.5, 0.6) is 5.75 Å². The molecule has 0 fully saturated rings. The van der Waals surface area contributed by atoms with E-state index < -0.39 is 43.8 Å². The minimum atomic E-state index is -5.08. The van der Waals surface area contributed by atoms with E-state index in [9.17, 15) is 27.3 Å². The number of carboxylic acids is 1. The first-order valence-electron chi connectivity index (χ1n) is 9.37. The molecule has 0 radical (unpaired) electrons. The Kier molecular flexibility index (Phi) is 10.6. The highest BCUT2D eigenvalue weighted by molar-refractivity contribution is 7.51. The summed E-state index contributed by atoms with van der Waals surface area (Å²) >= 11 is 1.18. The van der Waals surface area contributed by atoms with Crippen LogP contribution < -0.4 is 15.8 Å². The van der Waals surface area contributed by atoms with Crippen LogP contribution in [0, 0.1) is 11.3 Å². The maximum Gasteiger partial charge on any atom is 0.490 e. The lowest BCUT2D eigenvalue weighted by molar-refractivity contribution is -0.192. The van der Waals surface area contributed by atoms with E-state index in [2.05, 4.69) is 5.32 Å². The molecule has 0 aliphatic heterocycles. The molecule has 1 unspecified atom stereocenters. The molecule has 7 N–H and O–H groups in total. The molecule has 0 bridgehead atoms. The number of carbonyl (C=O) groups excluding carboxylic acids is 2. The fraction of sp³-hybridized carbons (Fsp3) is 0.263. The van der Waals surface area contributed by atoms with Gasteiger partial charge in [-0.2, -0.15) is 13.2 Å². The predicted octanol–water partition coefficient (Wildman–Crippen LogP) is 2.31. The Balaban J connectivity index is 0.000000762. The Bertz CT molecular complexity index is 1120. The van der Waals surface area contributed by atoms with Crippen LogP contribution in [0.2, 0.25) is 0 Å². The smallest absolute Gasteiger partial charge is 0.475 e. The average Bonchev–Trinajstić information content (AvgIpc) is 3.20. The van der Waals surface area contributed by atoms with Gasteiger partial charge in [0.05, 0.1) is 0 Å². The van der Waals surface area contributed by atoms with Crippen molar-refractivity contribution in [3.8, 4) is 5.75 Å². The topological polar surface area (TPSA) is 200 Å². The van der Waals surface area contributed by atoms with Crippen molar-refractivity contribution in [2.24, 2.45) is 11.7 Å². The van der Waals surface area contributed by atoms with Gasteiger partial charge in [-0.05, 0) is 42.8 Å². The molecule has 1 aromatic heterocycles. The molecule has 192 valence electrons. The first-order chi connectivity index (χ1) is 16.0. The van der Waals surface area contributed by atoms with Crippen molar-refractivity contribution >= 4 is 42.6 Å². The quantitative estimate of drug-likeness (QED) is 0.0957. The van der Waals surface area contributed by atoms with E-state index in [1.807, 2.05) is 0 Å². The molecule has 2 rings (SSSR count). The second-order valence-electron chi connectivity index (χ2n) is 6.87. The van der Waals surface area contributed by atoms with Crippen molar-refractivity contribution in [1.29, 1.82) is 5.41 Å². The highest BCUT2D eigenvalue weighted by Crippen LogP contribution is 2.32. The van der Waals surface area contributed by atoms with Gasteiger partial charge in [0.1, 0.15) is 22.7 Å². The second kappa shape index (κ2) is 12.4. The zero-order valence-corrected chi connectivity index (χ0v) is 19.6. The number of halogens is 3. The largest absolute Gasteiger partial charge is 0.490 e. The number of amides is 1. The fourth-order valence-corrected chi connectivity index (χ4v) is 3.58. The van der Waals surface area contributed by atoms with E-state index in [1.54, 1.807) is 31.2 Å². The lowest BCUT2D eigenvalue weighted by Crippen LogP contribution is -2.30. The first kappa shape index (κ1) is 29.8. The van der Waals surface area contributed by atoms with Crippen molar-refractivity contribution in [2.45, 2.75) is 19.5 Å². The highest BCUT2D eigenvalue weighted by atomic mass is 32.1. The standard InChI is InChI=1S/C17H20N3O6PS.C2HF3O2/c1-10(16(21)20-9-27(23,24)25)8-13-6-7-14(28-13)17(22)26-12-4-2-11(3-5-12)15(18)19;3-2(4,5)1(6)7/h2-7,10H,8-9H2,1H3,(H3,18,19)(H,20,21)(H2,23,24,25);(H,6,7). The third-order valence-corrected chi connectivity index (χ3v) is 5.55. The summed E-state index contributed by atoms with van der Waals surface area (Å²) in [5.74, 6) is -4.08.